The Bertz CT molecular complexity index is 564. The topological polar surface area (TPSA) is 49.4 Å². The summed E-state index contributed by atoms with van der Waals surface area (Å²) in [4.78, 5) is 28.3. The average molecular weight is 349 g/mol. The predicted octanol–water partition coefficient (Wildman–Crippen LogP) is 3.86. The van der Waals surface area contributed by atoms with E-state index in [0.717, 1.165) is 17.7 Å². The van der Waals surface area contributed by atoms with Crippen LogP contribution in [0.5, 0.6) is 0 Å². The summed E-state index contributed by atoms with van der Waals surface area (Å²) in [6.45, 7) is 2.48. The van der Waals surface area contributed by atoms with Crippen molar-refractivity contribution >= 4 is 23.2 Å². The number of thiophene rings is 1. The molecule has 2 amide bonds. The number of amides is 2. The van der Waals surface area contributed by atoms with E-state index in [2.05, 4.69) is 5.32 Å². The molecule has 0 unspecified atom stereocenters. The van der Waals surface area contributed by atoms with Crippen LogP contribution in [0.3, 0.4) is 0 Å². The second-order valence-electron chi connectivity index (χ2n) is 7.35. The van der Waals surface area contributed by atoms with Crippen LogP contribution in [0.1, 0.15) is 69.6 Å². The van der Waals surface area contributed by atoms with Crippen LogP contribution in [0.2, 0.25) is 0 Å². The van der Waals surface area contributed by atoms with E-state index in [9.17, 15) is 9.59 Å². The van der Waals surface area contributed by atoms with Gasteiger partial charge in [0.15, 0.2) is 0 Å². The Hall–Kier alpha value is -1.36. The first kappa shape index (κ1) is 17.5. The quantitative estimate of drug-likeness (QED) is 0.898. The van der Waals surface area contributed by atoms with Gasteiger partial charge in [-0.1, -0.05) is 38.2 Å². The third kappa shape index (κ3) is 3.82. The van der Waals surface area contributed by atoms with Crippen molar-refractivity contribution in [3.05, 3.63) is 22.4 Å². The van der Waals surface area contributed by atoms with Crippen LogP contribution in [0.4, 0.5) is 0 Å². The molecule has 2 fully saturated rings. The lowest BCUT2D eigenvalue weighted by Gasteiger charge is -2.35. The molecule has 1 aliphatic carbocycles. The Balaban J connectivity index is 1.67. The van der Waals surface area contributed by atoms with E-state index in [0.29, 0.717) is 19.4 Å². The summed E-state index contributed by atoms with van der Waals surface area (Å²) in [5.41, 5.74) is -0.705. The van der Waals surface area contributed by atoms with Crippen molar-refractivity contribution in [3.8, 4) is 0 Å². The molecule has 0 bridgehead atoms. The molecule has 2 aliphatic rings. The first-order valence-corrected chi connectivity index (χ1v) is 10.1. The van der Waals surface area contributed by atoms with E-state index in [1.54, 1.807) is 16.2 Å². The maximum absolute atomic E-state index is 13.0. The number of hydrogen-bond donors (Lipinski definition) is 1. The van der Waals surface area contributed by atoms with E-state index in [-0.39, 0.29) is 17.9 Å². The Morgan fingerprint density at radius 2 is 2.00 bits per heavy atom. The highest BCUT2D eigenvalue weighted by atomic mass is 32.1. The van der Waals surface area contributed by atoms with E-state index in [1.807, 2.05) is 24.4 Å². The van der Waals surface area contributed by atoms with Crippen LogP contribution < -0.4 is 5.32 Å². The van der Waals surface area contributed by atoms with Gasteiger partial charge in [-0.2, -0.15) is 0 Å². The molecule has 1 aromatic heterocycles. The van der Waals surface area contributed by atoms with Gasteiger partial charge in [0.25, 0.3) is 0 Å². The summed E-state index contributed by atoms with van der Waals surface area (Å²) in [7, 11) is 0. The molecular formula is C19H28N2O2S. The van der Waals surface area contributed by atoms with Gasteiger partial charge in [0.2, 0.25) is 11.8 Å². The van der Waals surface area contributed by atoms with Gasteiger partial charge in [0, 0.05) is 17.3 Å². The molecule has 0 aromatic carbocycles. The van der Waals surface area contributed by atoms with Gasteiger partial charge in [-0.25, -0.2) is 0 Å². The largest absolute Gasteiger partial charge is 0.351 e. The molecule has 4 nitrogen and oxygen atoms in total. The fraction of sp³-hybridized carbons (Fsp3) is 0.684. The third-order valence-corrected chi connectivity index (χ3v) is 6.41. The third-order valence-electron chi connectivity index (χ3n) is 5.55. The molecule has 132 valence electrons. The summed E-state index contributed by atoms with van der Waals surface area (Å²) in [6, 6.07) is 4.30. The fourth-order valence-electron chi connectivity index (χ4n) is 3.89. The minimum Gasteiger partial charge on any atom is -0.351 e. The summed E-state index contributed by atoms with van der Waals surface area (Å²) in [5, 5.41) is 5.29. The Labute approximate surface area is 148 Å². The number of carbonyl (C=O) groups excluding carboxylic acids is 2. The minimum absolute atomic E-state index is 0.0375. The normalized spacial score (nSPS) is 26.2. The minimum atomic E-state index is -0.705. The maximum Gasteiger partial charge on any atom is 0.245 e. The van der Waals surface area contributed by atoms with Gasteiger partial charge >= 0.3 is 0 Å². The Morgan fingerprint density at radius 3 is 2.67 bits per heavy atom. The van der Waals surface area contributed by atoms with E-state index in [4.69, 9.17) is 0 Å². The van der Waals surface area contributed by atoms with Crippen molar-refractivity contribution in [2.75, 3.05) is 0 Å². The summed E-state index contributed by atoms with van der Waals surface area (Å²) in [6.07, 6.45) is 9.48. The zero-order valence-corrected chi connectivity index (χ0v) is 15.4. The lowest BCUT2D eigenvalue weighted by atomic mass is 9.93. The number of nitrogens with one attached hydrogen (secondary N) is 1. The zero-order valence-electron chi connectivity index (χ0n) is 14.6. The smallest absolute Gasteiger partial charge is 0.245 e. The standard InChI is InChI=1S/C19H28N2O2S/c1-19(18(23)20-15-8-5-3-2-4-6-9-15)12-11-17(22)21(19)14-16-10-7-13-24-16/h7,10,13,15H,2-6,8-9,11-12,14H2,1H3,(H,20,23)/t19-/m0/s1. The molecule has 1 atom stereocenters. The number of nitrogens with zero attached hydrogens (tertiary/aromatic N) is 1. The van der Waals surface area contributed by atoms with Crippen molar-refractivity contribution < 1.29 is 9.59 Å². The molecule has 3 rings (SSSR count). The number of carbonyl (C=O) groups is 2. The SMILES string of the molecule is C[C@@]1(C(=O)NC2CCCCCCC2)CCC(=O)N1Cc1cccs1. The first-order valence-electron chi connectivity index (χ1n) is 9.23. The summed E-state index contributed by atoms with van der Waals surface area (Å²) < 4.78 is 0. The van der Waals surface area contributed by atoms with E-state index >= 15 is 0 Å². The molecule has 1 N–H and O–H groups in total. The highest BCUT2D eigenvalue weighted by molar-refractivity contribution is 7.09. The van der Waals surface area contributed by atoms with Gasteiger partial charge < -0.3 is 10.2 Å². The van der Waals surface area contributed by atoms with E-state index < -0.39 is 5.54 Å². The molecule has 2 heterocycles. The predicted molar refractivity (Wildman–Crippen MR) is 96.8 cm³/mol. The Morgan fingerprint density at radius 1 is 1.29 bits per heavy atom. The average Bonchev–Trinajstić information content (AvgIpc) is 3.14. The van der Waals surface area contributed by atoms with Crippen LogP contribution in [0.15, 0.2) is 17.5 Å². The van der Waals surface area contributed by atoms with Crippen LogP contribution in [-0.4, -0.2) is 28.3 Å². The fourth-order valence-corrected chi connectivity index (χ4v) is 4.59. The van der Waals surface area contributed by atoms with Crippen LogP contribution in [0.25, 0.3) is 0 Å². The molecule has 1 aliphatic heterocycles. The van der Waals surface area contributed by atoms with E-state index in [1.165, 1.54) is 32.1 Å². The molecule has 0 radical (unpaired) electrons. The second kappa shape index (κ2) is 7.68. The number of rotatable bonds is 4. The van der Waals surface area contributed by atoms with Crippen molar-refractivity contribution in [1.29, 1.82) is 0 Å². The Kier molecular flexibility index (Phi) is 5.59. The lowest BCUT2D eigenvalue weighted by molar-refractivity contribution is -0.141. The van der Waals surface area contributed by atoms with Crippen molar-refractivity contribution in [2.45, 2.75) is 82.8 Å². The van der Waals surface area contributed by atoms with Gasteiger partial charge in [-0.05, 0) is 37.6 Å². The highest BCUT2D eigenvalue weighted by Crippen LogP contribution is 2.33. The molecule has 24 heavy (non-hydrogen) atoms. The van der Waals surface area contributed by atoms with Gasteiger partial charge in [-0.3, -0.25) is 9.59 Å². The lowest BCUT2D eigenvalue weighted by Crippen LogP contribution is -2.56. The number of hydrogen-bond acceptors (Lipinski definition) is 3. The zero-order chi connectivity index (χ0) is 17.0. The van der Waals surface area contributed by atoms with Crippen molar-refractivity contribution in [3.63, 3.8) is 0 Å². The summed E-state index contributed by atoms with van der Waals surface area (Å²) in [5.74, 6) is 0.134. The van der Waals surface area contributed by atoms with Crippen LogP contribution >= 0.6 is 11.3 Å². The van der Waals surface area contributed by atoms with Crippen molar-refractivity contribution in [1.82, 2.24) is 10.2 Å². The maximum atomic E-state index is 13.0. The van der Waals surface area contributed by atoms with Crippen molar-refractivity contribution in [2.24, 2.45) is 0 Å². The highest BCUT2D eigenvalue weighted by Gasteiger charge is 2.47. The second-order valence-corrected chi connectivity index (χ2v) is 8.38. The molecule has 1 saturated carbocycles. The number of likely N-dealkylation sites (tertiary alicyclic amines) is 1. The van der Waals surface area contributed by atoms with Gasteiger partial charge in [0.1, 0.15) is 5.54 Å². The van der Waals surface area contributed by atoms with Gasteiger partial charge in [-0.15, -0.1) is 11.3 Å². The molecular weight excluding hydrogens is 320 g/mol. The summed E-state index contributed by atoms with van der Waals surface area (Å²) >= 11 is 1.64. The molecule has 1 saturated heterocycles. The monoisotopic (exact) mass is 348 g/mol. The molecule has 0 spiro atoms. The van der Waals surface area contributed by atoms with Crippen LogP contribution in [0, 0.1) is 0 Å². The van der Waals surface area contributed by atoms with Gasteiger partial charge in [0.05, 0.1) is 6.54 Å². The molecule has 5 heteroatoms. The first-order chi connectivity index (χ1) is 11.6. The molecule has 1 aromatic rings. The van der Waals surface area contributed by atoms with Crippen LogP contribution in [-0.2, 0) is 16.1 Å².